The molecule has 0 bridgehead atoms. The van der Waals surface area contributed by atoms with Gasteiger partial charge >= 0.3 is 0 Å². The van der Waals surface area contributed by atoms with Crippen molar-refractivity contribution in [1.82, 2.24) is 23.8 Å². The Kier molecular flexibility index (Phi) is 5.22. The van der Waals surface area contributed by atoms with Gasteiger partial charge in [-0.2, -0.15) is 0 Å². The highest BCUT2D eigenvalue weighted by Crippen LogP contribution is 2.20. The minimum atomic E-state index is -3.41. The van der Waals surface area contributed by atoms with Gasteiger partial charge in [-0.3, -0.25) is 4.90 Å². The number of hydrogen-bond acceptors (Lipinski definition) is 6. The van der Waals surface area contributed by atoms with E-state index in [1.165, 1.54) is 6.26 Å². The molecule has 1 saturated heterocycles. The summed E-state index contributed by atoms with van der Waals surface area (Å²) in [4.78, 5) is 10.8. The third-order valence-electron chi connectivity index (χ3n) is 5.00. The lowest BCUT2D eigenvalue weighted by molar-refractivity contribution is 0.0934. The minimum Gasteiger partial charge on any atom is -0.376 e. The Labute approximate surface area is 164 Å². The zero-order valence-electron chi connectivity index (χ0n) is 16.2. The lowest BCUT2D eigenvalue weighted by Gasteiger charge is -2.20. The first kappa shape index (κ1) is 19.1. The summed E-state index contributed by atoms with van der Waals surface area (Å²) in [7, 11) is -1.40. The standard InChI is InChI=1S/C19H25N5O3S/c1-22(12-15-10-20-18-7-3-4-8-23(15)18)13-16-11-21-19(28(2,25)26)24(16)14-17-6-5-9-27-17/h3-4,7-8,10-11,17H,5-6,9,12-14H2,1-2H3/t17-/m0/s1. The first-order valence-corrected chi connectivity index (χ1v) is 11.3. The van der Waals surface area contributed by atoms with Crippen molar-refractivity contribution in [1.29, 1.82) is 0 Å². The maximum Gasteiger partial charge on any atom is 0.227 e. The average molecular weight is 404 g/mol. The Bertz CT molecular complexity index is 1070. The number of pyridine rings is 1. The summed E-state index contributed by atoms with van der Waals surface area (Å²) in [5.41, 5.74) is 2.85. The van der Waals surface area contributed by atoms with Crippen molar-refractivity contribution >= 4 is 15.5 Å². The number of rotatable bonds is 7. The van der Waals surface area contributed by atoms with Crippen molar-refractivity contribution in [2.75, 3.05) is 19.9 Å². The zero-order valence-corrected chi connectivity index (χ0v) is 17.0. The highest BCUT2D eigenvalue weighted by Gasteiger charge is 2.24. The summed E-state index contributed by atoms with van der Waals surface area (Å²) >= 11 is 0. The highest BCUT2D eigenvalue weighted by atomic mass is 32.2. The molecule has 0 aromatic carbocycles. The van der Waals surface area contributed by atoms with Crippen LogP contribution in [0, 0.1) is 0 Å². The van der Waals surface area contributed by atoms with E-state index in [0.29, 0.717) is 19.6 Å². The Morgan fingerprint density at radius 2 is 2.00 bits per heavy atom. The van der Waals surface area contributed by atoms with E-state index < -0.39 is 9.84 Å². The van der Waals surface area contributed by atoms with E-state index in [2.05, 4.69) is 19.3 Å². The van der Waals surface area contributed by atoms with Crippen LogP contribution >= 0.6 is 0 Å². The molecule has 0 spiro atoms. The summed E-state index contributed by atoms with van der Waals surface area (Å²) in [6.45, 7) is 2.51. The molecule has 0 radical (unpaired) electrons. The van der Waals surface area contributed by atoms with Gasteiger partial charge in [0.05, 0.1) is 36.4 Å². The second-order valence-corrected chi connectivity index (χ2v) is 9.31. The van der Waals surface area contributed by atoms with Crippen molar-refractivity contribution in [3.63, 3.8) is 0 Å². The molecule has 28 heavy (non-hydrogen) atoms. The van der Waals surface area contributed by atoms with Gasteiger partial charge in [-0.05, 0) is 32.0 Å². The van der Waals surface area contributed by atoms with Gasteiger partial charge in [0.25, 0.3) is 0 Å². The Balaban J connectivity index is 1.55. The molecule has 4 rings (SSSR count). The lowest BCUT2D eigenvalue weighted by atomic mass is 10.2. The Morgan fingerprint density at radius 1 is 1.21 bits per heavy atom. The van der Waals surface area contributed by atoms with E-state index in [0.717, 1.165) is 36.5 Å². The molecule has 1 aliphatic rings. The Hall–Kier alpha value is -2.23. The van der Waals surface area contributed by atoms with E-state index in [4.69, 9.17) is 4.74 Å². The molecule has 3 aromatic rings. The van der Waals surface area contributed by atoms with Crippen molar-refractivity contribution in [2.45, 2.75) is 43.7 Å². The predicted molar refractivity (Wildman–Crippen MR) is 105 cm³/mol. The molecule has 9 heteroatoms. The van der Waals surface area contributed by atoms with Crippen LogP contribution in [0.4, 0.5) is 0 Å². The van der Waals surface area contributed by atoms with Gasteiger partial charge < -0.3 is 13.7 Å². The van der Waals surface area contributed by atoms with Crippen LogP contribution in [0.5, 0.6) is 0 Å². The predicted octanol–water partition coefficient (Wildman–Crippen LogP) is 1.75. The lowest BCUT2D eigenvalue weighted by Crippen LogP contribution is -2.24. The number of ether oxygens (including phenoxy) is 1. The zero-order chi connectivity index (χ0) is 19.7. The maximum absolute atomic E-state index is 12.2. The number of fused-ring (bicyclic) bond motifs is 1. The molecular formula is C19H25N5O3S. The van der Waals surface area contributed by atoms with Crippen LogP contribution in [0.25, 0.3) is 5.65 Å². The number of sulfone groups is 1. The summed E-state index contributed by atoms with van der Waals surface area (Å²) in [6.07, 6.45) is 8.73. The summed E-state index contributed by atoms with van der Waals surface area (Å²) in [5, 5.41) is 0.112. The molecule has 3 aromatic heterocycles. The van der Waals surface area contributed by atoms with Crippen LogP contribution < -0.4 is 0 Å². The topological polar surface area (TPSA) is 81.7 Å². The maximum atomic E-state index is 12.2. The normalized spacial score (nSPS) is 17.8. The molecule has 0 saturated carbocycles. The number of hydrogen-bond donors (Lipinski definition) is 0. The van der Waals surface area contributed by atoms with Gasteiger partial charge in [-0.25, -0.2) is 18.4 Å². The fraction of sp³-hybridized carbons (Fsp3) is 0.474. The third-order valence-corrected chi connectivity index (χ3v) is 5.99. The molecule has 0 N–H and O–H groups in total. The first-order chi connectivity index (χ1) is 13.4. The van der Waals surface area contributed by atoms with Crippen molar-refractivity contribution in [3.8, 4) is 0 Å². The van der Waals surface area contributed by atoms with E-state index in [1.54, 1.807) is 10.8 Å². The van der Waals surface area contributed by atoms with E-state index in [1.807, 2.05) is 37.6 Å². The fourth-order valence-electron chi connectivity index (χ4n) is 3.71. The number of aromatic nitrogens is 4. The number of imidazole rings is 2. The second-order valence-electron chi connectivity index (χ2n) is 7.40. The van der Waals surface area contributed by atoms with Gasteiger partial charge in [-0.15, -0.1) is 0 Å². The molecule has 1 fully saturated rings. The molecule has 150 valence electrons. The third kappa shape index (κ3) is 3.96. The first-order valence-electron chi connectivity index (χ1n) is 9.37. The van der Waals surface area contributed by atoms with Gasteiger partial charge in [0.2, 0.25) is 15.0 Å². The van der Waals surface area contributed by atoms with Crippen LogP contribution in [-0.4, -0.2) is 58.3 Å². The van der Waals surface area contributed by atoms with E-state index in [-0.39, 0.29) is 11.3 Å². The van der Waals surface area contributed by atoms with Gasteiger partial charge in [-0.1, -0.05) is 6.07 Å². The largest absolute Gasteiger partial charge is 0.376 e. The molecule has 8 nitrogen and oxygen atoms in total. The molecule has 1 atom stereocenters. The van der Waals surface area contributed by atoms with E-state index in [9.17, 15) is 8.42 Å². The van der Waals surface area contributed by atoms with E-state index >= 15 is 0 Å². The van der Waals surface area contributed by atoms with Crippen LogP contribution in [0.2, 0.25) is 0 Å². The van der Waals surface area contributed by atoms with Crippen LogP contribution in [0.15, 0.2) is 41.9 Å². The van der Waals surface area contributed by atoms with Crippen molar-refractivity contribution < 1.29 is 13.2 Å². The van der Waals surface area contributed by atoms with Crippen LogP contribution in [0.3, 0.4) is 0 Å². The SMILES string of the molecule is CN(Cc1cnc(S(C)(=O)=O)n1C[C@@H]1CCCO1)Cc1cnc2ccccn12. The summed E-state index contributed by atoms with van der Waals surface area (Å²) in [5.74, 6) is 0. The van der Waals surface area contributed by atoms with Gasteiger partial charge in [0.1, 0.15) is 5.65 Å². The van der Waals surface area contributed by atoms with Crippen LogP contribution in [-0.2, 0) is 34.2 Å². The quantitative estimate of drug-likeness (QED) is 0.598. The summed E-state index contributed by atoms with van der Waals surface area (Å²) < 4.78 is 33.9. The number of nitrogens with zero attached hydrogens (tertiary/aromatic N) is 5. The smallest absolute Gasteiger partial charge is 0.227 e. The van der Waals surface area contributed by atoms with Gasteiger partial charge in [0.15, 0.2) is 0 Å². The molecule has 1 aliphatic heterocycles. The molecule has 0 aliphatic carbocycles. The molecule has 4 heterocycles. The Morgan fingerprint density at radius 3 is 2.75 bits per heavy atom. The highest BCUT2D eigenvalue weighted by molar-refractivity contribution is 7.90. The minimum absolute atomic E-state index is 0.0394. The average Bonchev–Trinajstić information content (AvgIpc) is 3.37. The fourth-order valence-corrected chi connectivity index (χ4v) is 4.55. The summed E-state index contributed by atoms with van der Waals surface area (Å²) in [6, 6.07) is 5.91. The molecular weight excluding hydrogens is 378 g/mol. The molecule has 0 unspecified atom stereocenters. The monoisotopic (exact) mass is 403 g/mol. The second kappa shape index (κ2) is 7.65. The van der Waals surface area contributed by atoms with Gasteiger partial charge in [0, 0.05) is 32.1 Å². The van der Waals surface area contributed by atoms with Crippen molar-refractivity contribution in [3.05, 3.63) is 48.2 Å². The van der Waals surface area contributed by atoms with Crippen molar-refractivity contribution in [2.24, 2.45) is 0 Å². The van der Waals surface area contributed by atoms with Crippen LogP contribution in [0.1, 0.15) is 24.2 Å². The molecule has 0 amide bonds.